The van der Waals surface area contributed by atoms with Crippen molar-refractivity contribution in [2.75, 3.05) is 5.73 Å². The van der Waals surface area contributed by atoms with Gasteiger partial charge in [-0.05, 0) is 0 Å². The quantitative estimate of drug-likeness (QED) is 0.460. The molecule has 0 saturated heterocycles. The Bertz CT molecular complexity index is 441. The van der Waals surface area contributed by atoms with Crippen molar-refractivity contribution >= 4 is 16.9 Å². The number of rotatable bonds is 0. The van der Waals surface area contributed by atoms with E-state index in [4.69, 9.17) is 5.73 Å². The van der Waals surface area contributed by atoms with Gasteiger partial charge in [0, 0.05) is 0 Å². The molecule has 2 heterocycles. The highest BCUT2D eigenvalue weighted by atomic mass is 16.1. The van der Waals surface area contributed by atoms with Crippen molar-refractivity contribution in [1.82, 2.24) is 20.2 Å². The van der Waals surface area contributed by atoms with Crippen molar-refractivity contribution in [3.05, 3.63) is 16.7 Å². The molecule has 0 aromatic carbocycles. The van der Waals surface area contributed by atoms with Crippen LogP contribution in [0, 0.1) is 0 Å². The minimum atomic E-state index is -0.425. The number of aromatic nitrogens is 4. The van der Waals surface area contributed by atoms with Gasteiger partial charge in [-0.25, -0.2) is 4.79 Å². The Morgan fingerprint density at radius 3 is 3.18 bits per heavy atom. The molecule has 0 aliphatic heterocycles. The minimum absolute atomic E-state index is 0.277. The smallest absolute Gasteiger partial charge is 0.345 e. The first-order chi connectivity index (χ1) is 5.27. The Hall–Kier alpha value is -1.85. The second kappa shape index (κ2) is 1.82. The third kappa shape index (κ3) is 0.759. The van der Waals surface area contributed by atoms with Crippen molar-refractivity contribution < 1.29 is 0 Å². The molecule has 0 fully saturated rings. The maximum Gasteiger partial charge on any atom is 0.345 e. The molecule has 11 heavy (non-hydrogen) atoms. The molecule has 6 heteroatoms. The lowest BCUT2D eigenvalue weighted by atomic mass is 10.4. The molecule has 2 rings (SSSR count). The molecule has 0 aliphatic carbocycles. The number of nitrogens with one attached hydrogen (secondary N) is 2. The summed E-state index contributed by atoms with van der Waals surface area (Å²) in [5.74, 6) is 0.277. The molecule has 0 saturated carbocycles. The molecule has 0 spiro atoms. The fourth-order valence-electron chi connectivity index (χ4n) is 0.857. The van der Waals surface area contributed by atoms with Crippen LogP contribution in [0.15, 0.2) is 11.0 Å². The lowest BCUT2D eigenvalue weighted by molar-refractivity contribution is 1.10. The van der Waals surface area contributed by atoms with Crippen molar-refractivity contribution in [2.45, 2.75) is 0 Å². The zero-order valence-electron chi connectivity index (χ0n) is 5.46. The average molecular weight is 151 g/mol. The summed E-state index contributed by atoms with van der Waals surface area (Å²) in [7, 11) is 0. The fraction of sp³-hybridized carbons (Fsp3) is 0. The highest BCUT2D eigenvalue weighted by Gasteiger charge is 2.01. The van der Waals surface area contributed by atoms with E-state index in [1.54, 1.807) is 0 Å². The number of aromatic amines is 2. The summed E-state index contributed by atoms with van der Waals surface area (Å²) in [4.78, 5) is 16.6. The number of anilines is 1. The molecule has 2 aromatic heterocycles. The van der Waals surface area contributed by atoms with E-state index in [1.165, 1.54) is 6.20 Å². The summed E-state index contributed by atoms with van der Waals surface area (Å²) < 4.78 is 0. The molecule has 56 valence electrons. The second-order valence-corrected chi connectivity index (χ2v) is 2.09. The first-order valence-electron chi connectivity index (χ1n) is 2.96. The van der Waals surface area contributed by atoms with Crippen molar-refractivity contribution in [3.8, 4) is 0 Å². The normalized spacial score (nSPS) is 10.5. The van der Waals surface area contributed by atoms with Crippen molar-refractivity contribution in [2.24, 2.45) is 0 Å². The third-order valence-corrected chi connectivity index (χ3v) is 1.37. The molecule has 6 nitrogen and oxygen atoms in total. The summed E-state index contributed by atoms with van der Waals surface area (Å²) in [5, 5.41) is 6.29. The van der Waals surface area contributed by atoms with Crippen LogP contribution in [0.4, 0.5) is 5.82 Å². The van der Waals surface area contributed by atoms with E-state index in [9.17, 15) is 4.79 Å². The lowest BCUT2D eigenvalue weighted by Crippen LogP contribution is -2.08. The van der Waals surface area contributed by atoms with Gasteiger partial charge in [0.25, 0.3) is 0 Å². The SMILES string of the molecule is Nc1n[nH]c2cnc(=O)[nH]c12. The summed E-state index contributed by atoms with van der Waals surface area (Å²) in [6.07, 6.45) is 1.39. The summed E-state index contributed by atoms with van der Waals surface area (Å²) in [5.41, 5.74) is 6.11. The van der Waals surface area contributed by atoms with Gasteiger partial charge in [-0.3, -0.25) is 5.10 Å². The van der Waals surface area contributed by atoms with Crippen LogP contribution >= 0.6 is 0 Å². The van der Waals surface area contributed by atoms with Gasteiger partial charge in [-0.2, -0.15) is 10.1 Å². The molecule has 0 amide bonds. The van der Waals surface area contributed by atoms with Crippen LogP contribution < -0.4 is 11.4 Å². The topological polar surface area (TPSA) is 100 Å². The molecule has 2 aromatic rings. The van der Waals surface area contributed by atoms with E-state index in [0.29, 0.717) is 11.0 Å². The van der Waals surface area contributed by atoms with E-state index in [1.807, 2.05) is 0 Å². The van der Waals surface area contributed by atoms with E-state index in [0.717, 1.165) is 0 Å². The third-order valence-electron chi connectivity index (χ3n) is 1.37. The van der Waals surface area contributed by atoms with Gasteiger partial charge in [-0.1, -0.05) is 0 Å². The Kier molecular flexibility index (Phi) is 0.974. The molecular weight excluding hydrogens is 146 g/mol. The van der Waals surface area contributed by atoms with Gasteiger partial charge in [0.1, 0.15) is 11.0 Å². The molecule has 0 unspecified atom stereocenters. The van der Waals surface area contributed by atoms with Crippen LogP contribution in [0.5, 0.6) is 0 Å². The molecule has 4 N–H and O–H groups in total. The number of nitrogens with two attached hydrogens (primary N) is 1. The molecule has 0 atom stereocenters. The number of nitrogens with zero attached hydrogens (tertiary/aromatic N) is 2. The molecular formula is C5H5N5O. The maximum absolute atomic E-state index is 10.7. The molecule has 0 bridgehead atoms. The highest BCUT2D eigenvalue weighted by molar-refractivity contribution is 5.83. The van der Waals surface area contributed by atoms with Crippen LogP contribution in [0.2, 0.25) is 0 Å². The highest BCUT2D eigenvalue weighted by Crippen LogP contribution is 2.09. The summed E-state index contributed by atoms with van der Waals surface area (Å²) >= 11 is 0. The van der Waals surface area contributed by atoms with Crippen LogP contribution in [0.3, 0.4) is 0 Å². The Labute approximate surface area is 60.5 Å². The number of hydrogen-bond acceptors (Lipinski definition) is 4. The zero-order chi connectivity index (χ0) is 7.84. The maximum atomic E-state index is 10.7. The molecule has 0 aliphatic rings. The van der Waals surface area contributed by atoms with Gasteiger partial charge in [0.05, 0.1) is 6.20 Å². The zero-order valence-corrected chi connectivity index (χ0v) is 5.46. The molecule has 0 radical (unpaired) electrons. The van der Waals surface area contributed by atoms with Gasteiger partial charge >= 0.3 is 5.69 Å². The summed E-state index contributed by atoms with van der Waals surface area (Å²) in [6, 6.07) is 0. The monoisotopic (exact) mass is 151 g/mol. The van der Waals surface area contributed by atoms with E-state index >= 15 is 0 Å². The van der Waals surface area contributed by atoms with Crippen molar-refractivity contribution in [3.63, 3.8) is 0 Å². The van der Waals surface area contributed by atoms with Gasteiger partial charge < -0.3 is 10.7 Å². The fourth-order valence-corrected chi connectivity index (χ4v) is 0.857. The second-order valence-electron chi connectivity index (χ2n) is 2.09. The number of fused-ring (bicyclic) bond motifs is 1. The van der Waals surface area contributed by atoms with E-state index in [2.05, 4.69) is 20.2 Å². The van der Waals surface area contributed by atoms with Crippen LogP contribution in [0.1, 0.15) is 0 Å². The lowest BCUT2D eigenvalue weighted by Gasteiger charge is -1.85. The van der Waals surface area contributed by atoms with Crippen LogP contribution in [0.25, 0.3) is 11.0 Å². The largest absolute Gasteiger partial charge is 0.380 e. The first-order valence-corrected chi connectivity index (χ1v) is 2.96. The Morgan fingerprint density at radius 2 is 2.36 bits per heavy atom. The van der Waals surface area contributed by atoms with Gasteiger partial charge in [0.2, 0.25) is 0 Å². The predicted octanol–water partition coefficient (Wildman–Crippen LogP) is -0.772. The number of hydrogen-bond donors (Lipinski definition) is 3. The van der Waals surface area contributed by atoms with Crippen LogP contribution in [-0.2, 0) is 0 Å². The van der Waals surface area contributed by atoms with Crippen LogP contribution in [-0.4, -0.2) is 20.2 Å². The van der Waals surface area contributed by atoms with E-state index < -0.39 is 5.69 Å². The standard InChI is InChI=1S/C5H5N5O/c6-4-3-2(9-10-4)1-7-5(11)8-3/h1H,(H3,6,9,10)(H,7,8,11). The number of H-pyrrole nitrogens is 2. The summed E-state index contributed by atoms with van der Waals surface area (Å²) in [6.45, 7) is 0. The Morgan fingerprint density at radius 1 is 1.55 bits per heavy atom. The van der Waals surface area contributed by atoms with E-state index in [-0.39, 0.29) is 5.82 Å². The van der Waals surface area contributed by atoms with Crippen molar-refractivity contribution in [1.29, 1.82) is 0 Å². The average Bonchev–Trinajstić information content (AvgIpc) is 2.33. The minimum Gasteiger partial charge on any atom is -0.380 e. The van der Waals surface area contributed by atoms with Gasteiger partial charge in [-0.15, -0.1) is 0 Å². The van der Waals surface area contributed by atoms with Gasteiger partial charge in [0.15, 0.2) is 5.82 Å². The first kappa shape index (κ1) is 5.90. The Balaban J connectivity index is 2.98. The number of nitrogen functional groups attached to an aromatic ring is 1. The predicted molar refractivity (Wildman–Crippen MR) is 38.9 cm³/mol.